The van der Waals surface area contributed by atoms with Crippen molar-refractivity contribution >= 4 is 38.1 Å². The molecule has 0 saturated heterocycles. The molecule has 8 nitrogen and oxygen atoms in total. The number of rotatable bonds is 11. The van der Waals surface area contributed by atoms with E-state index < -0.39 is 50.3 Å². The molecule has 182 valence electrons. The number of alkyl halides is 3. The van der Waals surface area contributed by atoms with Gasteiger partial charge in [-0.25, -0.2) is 30.7 Å². The van der Waals surface area contributed by atoms with Gasteiger partial charge in [-0.15, -0.1) is 10.2 Å². The molecular formula is C19H22F4N4O4S2. The monoisotopic (exact) mass is 510 g/mol. The van der Waals surface area contributed by atoms with Gasteiger partial charge in [0.15, 0.2) is 5.01 Å². The summed E-state index contributed by atoms with van der Waals surface area (Å²) in [5.74, 6) is -1.70. The van der Waals surface area contributed by atoms with Gasteiger partial charge in [-0.05, 0) is 43.9 Å². The van der Waals surface area contributed by atoms with Crippen LogP contribution < -0.4 is 9.62 Å². The number of benzene rings is 1. The average Bonchev–Trinajstić information content (AvgIpc) is 3.32. The molecule has 1 N–H and O–H groups in total. The van der Waals surface area contributed by atoms with Gasteiger partial charge in [-0.3, -0.25) is 9.69 Å². The van der Waals surface area contributed by atoms with E-state index in [1.54, 1.807) is 0 Å². The molecule has 1 aromatic carbocycles. The van der Waals surface area contributed by atoms with Crippen LogP contribution in [-0.4, -0.2) is 50.5 Å². The molecule has 14 heteroatoms. The number of nitrogens with zero attached hydrogens (tertiary/aromatic N) is 3. The van der Waals surface area contributed by atoms with E-state index >= 15 is 0 Å². The van der Waals surface area contributed by atoms with Crippen molar-refractivity contribution in [2.45, 2.75) is 49.5 Å². The van der Waals surface area contributed by atoms with E-state index in [9.17, 15) is 30.8 Å². The number of hydrogen-bond donors (Lipinski definition) is 1. The number of aryl methyl sites for hydroxylation is 1. The summed E-state index contributed by atoms with van der Waals surface area (Å²) in [4.78, 5) is 13.1. The number of aromatic nitrogens is 2. The number of methoxy groups -OCH3 is 1. The van der Waals surface area contributed by atoms with Crippen LogP contribution in [0.5, 0.6) is 0 Å². The molecule has 0 atom stereocenters. The van der Waals surface area contributed by atoms with E-state index in [0.717, 1.165) is 17.0 Å². The van der Waals surface area contributed by atoms with Crippen molar-refractivity contribution in [3.63, 3.8) is 0 Å². The van der Waals surface area contributed by atoms with Gasteiger partial charge in [-0.2, -0.15) is 0 Å². The molecule has 0 unspecified atom stereocenters. The lowest BCUT2D eigenvalue weighted by molar-refractivity contribution is -0.118. The van der Waals surface area contributed by atoms with Crippen LogP contribution in [0.2, 0.25) is 0 Å². The molecule has 1 aromatic heterocycles. The van der Waals surface area contributed by atoms with Crippen LogP contribution in [-0.2, 0) is 19.6 Å². The van der Waals surface area contributed by atoms with Crippen molar-refractivity contribution in [3.8, 4) is 0 Å². The lowest BCUT2D eigenvalue weighted by Crippen LogP contribution is -2.39. The van der Waals surface area contributed by atoms with Gasteiger partial charge in [0.05, 0.1) is 11.2 Å². The number of halogens is 4. The number of sulfonamides is 1. The fourth-order valence-electron chi connectivity index (χ4n) is 3.07. The van der Waals surface area contributed by atoms with Crippen molar-refractivity contribution < 1.29 is 35.5 Å². The van der Waals surface area contributed by atoms with Crippen LogP contribution in [0.1, 0.15) is 42.7 Å². The Morgan fingerprint density at radius 2 is 2.03 bits per heavy atom. The third-order valence-corrected chi connectivity index (χ3v) is 7.55. The lowest BCUT2D eigenvalue weighted by atomic mass is 10.1. The minimum Gasteiger partial charge on any atom is -0.385 e. The minimum absolute atomic E-state index is 0.0683. The fraction of sp³-hybridized carbons (Fsp3) is 0.526. The van der Waals surface area contributed by atoms with Crippen LogP contribution in [0, 0.1) is 12.7 Å². The highest BCUT2D eigenvalue weighted by Gasteiger charge is 2.47. The number of carbonyl (C=O) groups excluding carboxylic acids is 1. The van der Waals surface area contributed by atoms with Gasteiger partial charge in [0, 0.05) is 20.1 Å². The molecule has 0 spiro atoms. The Kier molecular flexibility index (Phi) is 7.71. The number of ether oxygens (including phenoxy) is 1. The summed E-state index contributed by atoms with van der Waals surface area (Å²) in [6.45, 7) is 0.726. The van der Waals surface area contributed by atoms with Crippen LogP contribution in [0.15, 0.2) is 17.0 Å². The Hall–Kier alpha value is -2.16. The Bertz CT molecular complexity index is 1120. The van der Waals surface area contributed by atoms with Crippen LogP contribution >= 0.6 is 11.3 Å². The summed E-state index contributed by atoms with van der Waals surface area (Å²) < 4.78 is 86.8. The number of carbonyl (C=O) groups is 1. The summed E-state index contributed by atoms with van der Waals surface area (Å²) >= 11 is 0.455. The molecule has 0 radical (unpaired) electrons. The maximum absolute atomic E-state index is 14.7. The number of nitrogens with one attached hydrogen (secondary N) is 1. The molecule has 1 saturated carbocycles. The maximum atomic E-state index is 14.7. The van der Waals surface area contributed by atoms with E-state index in [-0.39, 0.29) is 48.7 Å². The first-order valence-electron chi connectivity index (χ1n) is 9.87. The smallest absolute Gasteiger partial charge is 0.291 e. The molecule has 0 bridgehead atoms. The molecule has 1 fully saturated rings. The molecule has 3 rings (SSSR count). The highest BCUT2D eigenvalue weighted by atomic mass is 32.2. The van der Waals surface area contributed by atoms with Crippen LogP contribution in [0.3, 0.4) is 0 Å². The molecule has 1 heterocycles. The lowest BCUT2D eigenvalue weighted by Gasteiger charge is -2.23. The number of anilines is 2. The third kappa shape index (κ3) is 5.67. The molecule has 0 aliphatic heterocycles. The van der Waals surface area contributed by atoms with Gasteiger partial charge in [0.2, 0.25) is 21.1 Å². The third-order valence-electron chi connectivity index (χ3n) is 5.04. The van der Waals surface area contributed by atoms with Crippen molar-refractivity contribution in [2.24, 2.45) is 0 Å². The zero-order chi connectivity index (χ0) is 24.4. The highest BCUT2D eigenvalue weighted by molar-refractivity contribution is 7.89. The molecule has 1 amide bonds. The summed E-state index contributed by atoms with van der Waals surface area (Å²) in [7, 11) is -3.04. The number of amides is 1. The SMILES string of the molecule is COCCCC(=O)N(c1nnc(C(F)F)s1)c1cc(S(=O)(=O)NC2(CF)CC2)c(F)cc1C. The highest BCUT2D eigenvalue weighted by Crippen LogP contribution is 2.39. The van der Waals surface area contributed by atoms with E-state index in [4.69, 9.17) is 4.74 Å². The number of hydrogen-bond acceptors (Lipinski definition) is 7. The first kappa shape index (κ1) is 25.5. The normalized spacial score (nSPS) is 15.1. The van der Waals surface area contributed by atoms with Crippen molar-refractivity contribution in [1.82, 2.24) is 14.9 Å². The Labute approximate surface area is 192 Å². The molecule has 1 aliphatic carbocycles. The molecular weight excluding hydrogens is 488 g/mol. The predicted octanol–water partition coefficient (Wildman–Crippen LogP) is 3.79. The first-order valence-corrected chi connectivity index (χ1v) is 12.2. The van der Waals surface area contributed by atoms with Crippen LogP contribution in [0.25, 0.3) is 0 Å². The summed E-state index contributed by atoms with van der Waals surface area (Å²) in [6, 6.07) is 1.82. The topological polar surface area (TPSA) is 101 Å². The quantitative estimate of drug-likeness (QED) is 0.365. The zero-order valence-electron chi connectivity index (χ0n) is 17.8. The average molecular weight is 511 g/mol. The van der Waals surface area contributed by atoms with E-state index in [1.165, 1.54) is 14.0 Å². The molecule has 33 heavy (non-hydrogen) atoms. The summed E-state index contributed by atoms with van der Waals surface area (Å²) in [5, 5.41) is 6.18. The van der Waals surface area contributed by atoms with Crippen molar-refractivity contribution in [1.29, 1.82) is 0 Å². The summed E-state index contributed by atoms with van der Waals surface area (Å²) in [5.41, 5.74) is -1.18. The van der Waals surface area contributed by atoms with Gasteiger partial charge >= 0.3 is 0 Å². The minimum atomic E-state index is -4.48. The van der Waals surface area contributed by atoms with Crippen molar-refractivity contribution in [3.05, 3.63) is 28.5 Å². The van der Waals surface area contributed by atoms with E-state index in [2.05, 4.69) is 14.9 Å². The second-order valence-electron chi connectivity index (χ2n) is 7.64. The zero-order valence-corrected chi connectivity index (χ0v) is 19.4. The van der Waals surface area contributed by atoms with E-state index in [1.807, 2.05) is 0 Å². The second-order valence-corrected chi connectivity index (χ2v) is 10.3. The molecule has 2 aromatic rings. The summed E-state index contributed by atoms with van der Waals surface area (Å²) in [6.07, 6.45) is -2.17. The van der Waals surface area contributed by atoms with E-state index in [0.29, 0.717) is 11.3 Å². The van der Waals surface area contributed by atoms with Crippen molar-refractivity contribution in [2.75, 3.05) is 25.3 Å². The van der Waals surface area contributed by atoms with Gasteiger partial charge in [0.1, 0.15) is 17.4 Å². The van der Waals surface area contributed by atoms with Gasteiger partial charge in [-0.1, -0.05) is 11.3 Å². The second kappa shape index (κ2) is 9.99. The maximum Gasteiger partial charge on any atom is 0.291 e. The predicted molar refractivity (Wildman–Crippen MR) is 113 cm³/mol. The Morgan fingerprint density at radius 3 is 2.58 bits per heavy atom. The van der Waals surface area contributed by atoms with Gasteiger partial charge < -0.3 is 4.74 Å². The van der Waals surface area contributed by atoms with Gasteiger partial charge in [0.25, 0.3) is 6.43 Å². The van der Waals surface area contributed by atoms with Crippen LogP contribution in [0.4, 0.5) is 28.4 Å². The largest absolute Gasteiger partial charge is 0.385 e. The first-order chi connectivity index (χ1) is 15.5. The fourth-order valence-corrected chi connectivity index (χ4v) is 5.32. The Morgan fingerprint density at radius 1 is 1.33 bits per heavy atom. The molecule has 1 aliphatic rings. The Balaban J connectivity index is 2.07. The standard InChI is InChI=1S/C19H22F4N4O4S2/c1-11-8-12(21)14(33(29,30)26-19(10-20)5-6-19)9-13(11)27(15(28)4-3-7-31-2)18-25-24-17(32-18)16(22)23/h8-9,16,26H,3-7,10H2,1-2H3.